The summed E-state index contributed by atoms with van der Waals surface area (Å²) in [5, 5.41) is 3.30. The van der Waals surface area contributed by atoms with E-state index in [1.54, 1.807) is 7.05 Å². The van der Waals surface area contributed by atoms with E-state index in [2.05, 4.69) is 19.2 Å². The van der Waals surface area contributed by atoms with Gasteiger partial charge in [-0.3, -0.25) is 4.90 Å². The van der Waals surface area contributed by atoms with Crippen molar-refractivity contribution in [2.24, 2.45) is 0 Å². The minimum atomic E-state index is -0.482. The lowest BCUT2D eigenvalue weighted by Gasteiger charge is -2.24. The van der Waals surface area contributed by atoms with Crippen molar-refractivity contribution in [3.05, 3.63) is 24.3 Å². The Bertz CT molecular complexity index is 419. The van der Waals surface area contributed by atoms with Crippen molar-refractivity contribution < 1.29 is 9.53 Å². The van der Waals surface area contributed by atoms with Gasteiger partial charge in [-0.05, 0) is 58.9 Å². The van der Waals surface area contributed by atoms with Crippen LogP contribution in [0.3, 0.4) is 0 Å². The number of ether oxygens (including phenoxy) is 1. The zero-order valence-corrected chi connectivity index (χ0v) is 12.7. The topological polar surface area (TPSA) is 41.6 Å². The van der Waals surface area contributed by atoms with E-state index in [0.29, 0.717) is 6.04 Å². The fraction of sp³-hybridized carbons (Fsp3) is 0.533. The van der Waals surface area contributed by atoms with Gasteiger partial charge in [0.15, 0.2) is 0 Å². The third-order valence-corrected chi connectivity index (χ3v) is 2.38. The van der Waals surface area contributed by atoms with Gasteiger partial charge in [0.05, 0.1) is 0 Å². The van der Waals surface area contributed by atoms with Gasteiger partial charge in [0, 0.05) is 24.5 Å². The highest BCUT2D eigenvalue weighted by Gasteiger charge is 2.20. The Hall–Kier alpha value is -1.71. The molecule has 0 radical (unpaired) electrons. The summed E-state index contributed by atoms with van der Waals surface area (Å²) in [6.45, 7) is 9.73. The summed E-state index contributed by atoms with van der Waals surface area (Å²) in [5.41, 5.74) is 1.37. The summed E-state index contributed by atoms with van der Waals surface area (Å²) in [6, 6.07) is 8.09. The molecule has 0 aliphatic heterocycles. The fourth-order valence-corrected chi connectivity index (χ4v) is 1.55. The molecule has 0 unspecified atom stereocenters. The molecule has 1 amide bonds. The number of hydrogen-bond acceptors (Lipinski definition) is 3. The normalized spacial score (nSPS) is 11.3. The Labute approximate surface area is 115 Å². The lowest BCUT2D eigenvalue weighted by molar-refractivity contribution is 0.0589. The van der Waals surface area contributed by atoms with Crippen molar-refractivity contribution in [2.75, 3.05) is 17.3 Å². The highest BCUT2D eigenvalue weighted by Crippen LogP contribution is 2.19. The van der Waals surface area contributed by atoms with E-state index in [0.717, 1.165) is 11.4 Å². The number of benzene rings is 1. The molecule has 106 valence electrons. The highest BCUT2D eigenvalue weighted by molar-refractivity contribution is 5.87. The summed E-state index contributed by atoms with van der Waals surface area (Å²) in [7, 11) is 1.71. The lowest BCUT2D eigenvalue weighted by atomic mass is 10.2. The number of nitrogens with zero attached hydrogens (tertiary/aromatic N) is 1. The molecule has 4 heteroatoms. The highest BCUT2D eigenvalue weighted by atomic mass is 16.6. The fourth-order valence-electron chi connectivity index (χ4n) is 1.55. The molecule has 19 heavy (non-hydrogen) atoms. The first-order chi connectivity index (χ1) is 8.69. The van der Waals surface area contributed by atoms with Crippen molar-refractivity contribution in [2.45, 2.75) is 46.3 Å². The van der Waals surface area contributed by atoms with E-state index >= 15 is 0 Å². The molecule has 0 aliphatic rings. The number of nitrogens with one attached hydrogen (secondary N) is 1. The van der Waals surface area contributed by atoms with Crippen molar-refractivity contribution in [3.8, 4) is 0 Å². The van der Waals surface area contributed by atoms with E-state index in [1.165, 1.54) is 4.90 Å². The second-order valence-corrected chi connectivity index (χ2v) is 5.89. The molecule has 1 rings (SSSR count). The van der Waals surface area contributed by atoms with E-state index < -0.39 is 5.60 Å². The first-order valence-electron chi connectivity index (χ1n) is 6.52. The van der Waals surface area contributed by atoms with Crippen LogP contribution in [-0.2, 0) is 4.74 Å². The third kappa shape index (κ3) is 5.20. The second-order valence-electron chi connectivity index (χ2n) is 5.89. The van der Waals surface area contributed by atoms with Crippen molar-refractivity contribution >= 4 is 17.5 Å². The van der Waals surface area contributed by atoms with E-state index in [1.807, 2.05) is 45.0 Å². The maximum absolute atomic E-state index is 11.9. The minimum absolute atomic E-state index is 0.350. The van der Waals surface area contributed by atoms with Crippen LogP contribution in [0.25, 0.3) is 0 Å². The summed E-state index contributed by atoms with van der Waals surface area (Å²) in [4.78, 5) is 13.4. The van der Waals surface area contributed by atoms with Gasteiger partial charge in [-0.15, -0.1) is 0 Å². The quantitative estimate of drug-likeness (QED) is 0.900. The van der Waals surface area contributed by atoms with Crippen molar-refractivity contribution in [3.63, 3.8) is 0 Å². The molecule has 0 aromatic heterocycles. The van der Waals surface area contributed by atoms with Gasteiger partial charge in [-0.2, -0.15) is 0 Å². The van der Waals surface area contributed by atoms with Gasteiger partial charge in [0.2, 0.25) is 0 Å². The van der Waals surface area contributed by atoms with Gasteiger partial charge in [0.1, 0.15) is 5.60 Å². The predicted molar refractivity (Wildman–Crippen MR) is 79.8 cm³/mol. The average Bonchev–Trinajstić information content (AvgIpc) is 2.26. The van der Waals surface area contributed by atoms with Crippen LogP contribution in [0.2, 0.25) is 0 Å². The maximum Gasteiger partial charge on any atom is 0.414 e. The van der Waals surface area contributed by atoms with Crippen LogP contribution in [0.5, 0.6) is 0 Å². The van der Waals surface area contributed by atoms with Crippen molar-refractivity contribution in [1.82, 2.24) is 0 Å². The Morgan fingerprint density at radius 1 is 1.21 bits per heavy atom. The summed E-state index contributed by atoms with van der Waals surface area (Å²) in [6.07, 6.45) is -0.350. The molecule has 0 fully saturated rings. The Balaban J connectivity index is 2.72. The molecular weight excluding hydrogens is 240 g/mol. The van der Waals surface area contributed by atoms with Gasteiger partial charge in [0.25, 0.3) is 0 Å². The predicted octanol–water partition coefficient (Wildman–Crippen LogP) is 3.88. The molecule has 0 bridgehead atoms. The smallest absolute Gasteiger partial charge is 0.414 e. The number of carbonyl (C=O) groups excluding carboxylic acids is 1. The molecule has 1 aromatic rings. The summed E-state index contributed by atoms with van der Waals surface area (Å²) >= 11 is 0. The van der Waals surface area contributed by atoms with Gasteiger partial charge < -0.3 is 10.1 Å². The van der Waals surface area contributed by atoms with Crippen LogP contribution in [0.1, 0.15) is 34.6 Å². The van der Waals surface area contributed by atoms with Gasteiger partial charge in [-0.1, -0.05) is 0 Å². The van der Waals surface area contributed by atoms with Crippen molar-refractivity contribution in [1.29, 1.82) is 0 Å². The molecule has 0 aliphatic carbocycles. The number of carbonyl (C=O) groups is 1. The largest absolute Gasteiger partial charge is 0.443 e. The maximum atomic E-state index is 11.9. The first kappa shape index (κ1) is 15.3. The van der Waals surface area contributed by atoms with Crippen LogP contribution in [0, 0.1) is 0 Å². The zero-order valence-electron chi connectivity index (χ0n) is 12.7. The molecule has 1 aromatic carbocycles. The average molecular weight is 264 g/mol. The minimum Gasteiger partial charge on any atom is -0.443 e. The van der Waals surface area contributed by atoms with Gasteiger partial charge >= 0.3 is 6.09 Å². The molecule has 0 spiro atoms. The Morgan fingerprint density at radius 2 is 1.74 bits per heavy atom. The number of anilines is 2. The monoisotopic (exact) mass is 264 g/mol. The molecule has 1 N–H and O–H groups in total. The third-order valence-electron chi connectivity index (χ3n) is 2.38. The standard InChI is InChI=1S/C15H24N2O2/c1-11(2)16-12-7-9-13(10-8-12)17(6)14(18)19-15(3,4)5/h7-11,16H,1-6H3. The molecule has 4 nitrogen and oxygen atoms in total. The SMILES string of the molecule is CC(C)Nc1ccc(N(C)C(=O)OC(C)(C)C)cc1. The van der Waals surface area contributed by atoms with Crippen LogP contribution >= 0.6 is 0 Å². The lowest BCUT2D eigenvalue weighted by Crippen LogP contribution is -2.34. The number of hydrogen-bond donors (Lipinski definition) is 1. The Morgan fingerprint density at radius 3 is 2.16 bits per heavy atom. The van der Waals surface area contributed by atoms with Gasteiger partial charge in [-0.25, -0.2) is 4.79 Å². The second kappa shape index (κ2) is 5.95. The van der Waals surface area contributed by atoms with Crippen LogP contribution in [-0.4, -0.2) is 24.8 Å². The summed E-state index contributed by atoms with van der Waals surface area (Å²) in [5.74, 6) is 0. The van der Waals surface area contributed by atoms with E-state index in [-0.39, 0.29) is 6.09 Å². The van der Waals surface area contributed by atoms with Crippen LogP contribution in [0.15, 0.2) is 24.3 Å². The number of rotatable bonds is 3. The van der Waals surface area contributed by atoms with Crippen LogP contribution in [0.4, 0.5) is 16.2 Å². The molecule has 0 saturated carbocycles. The Kier molecular flexibility index (Phi) is 4.81. The van der Waals surface area contributed by atoms with Crippen LogP contribution < -0.4 is 10.2 Å². The zero-order chi connectivity index (χ0) is 14.6. The van der Waals surface area contributed by atoms with E-state index in [9.17, 15) is 4.79 Å². The van der Waals surface area contributed by atoms with E-state index in [4.69, 9.17) is 4.74 Å². The summed E-state index contributed by atoms with van der Waals surface area (Å²) < 4.78 is 5.32. The molecule has 0 heterocycles. The molecule has 0 atom stereocenters. The molecule has 0 saturated heterocycles. The first-order valence-corrected chi connectivity index (χ1v) is 6.52. The molecular formula is C15H24N2O2. The number of amides is 1.